The molecule has 8 heteroatoms. The minimum absolute atomic E-state index is 0.0353. The number of carbonyl (C=O) groups is 1. The van der Waals surface area contributed by atoms with E-state index in [1.165, 1.54) is 43.9 Å². The molecule has 1 N–H and O–H groups in total. The number of rotatable bonds is 9. The van der Waals surface area contributed by atoms with Gasteiger partial charge in [-0.1, -0.05) is 42.6 Å². The summed E-state index contributed by atoms with van der Waals surface area (Å²) in [6.07, 6.45) is 7.01. The Labute approximate surface area is 159 Å². The molecule has 6 nitrogen and oxygen atoms in total. The van der Waals surface area contributed by atoms with Crippen molar-refractivity contribution in [2.45, 2.75) is 49.7 Å². The molecule has 0 spiro atoms. The summed E-state index contributed by atoms with van der Waals surface area (Å²) >= 11 is 7.47. The van der Waals surface area contributed by atoms with Crippen LogP contribution in [0.25, 0.3) is 0 Å². The lowest BCUT2D eigenvalue weighted by atomic mass is 9.94. The van der Waals surface area contributed by atoms with Gasteiger partial charge < -0.3 is 15.0 Å². The molecule has 1 aliphatic carbocycles. The van der Waals surface area contributed by atoms with Crippen molar-refractivity contribution in [2.75, 3.05) is 38.0 Å². The zero-order valence-corrected chi connectivity index (χ0v) is 16.5. The van der Waals surface area contributed by atoms with Gasteiger partial charge in [0.2, 0.25) is 5.91 Å². The lowest BCUT2D eigenvalue weighted by Crippen LogP contribution is -2.34. The number of amides is 1. The van der Waals surface area contributed by atoms with Crippen LogP contribution in [0.4, 0.5) is 5.82 Å². The van der Waals surface area contributed by atoms with Crippen LogP contribution in [-0.2, 0) is 9.53 Å². The van der Waals surface area contributed by atoms with Crippen LogP contribution >= 0.6 is 23.4 Å². The van der Waals surface area contributed by atoms with E-state index in [9.17, 15) is 4.79 Å². The Balaban J connectivity index is 1.88. The molecule has 1 aliphatic rings. The predicted octanol–water partition coefficient (Wildman–Crippen LogP) is 3.14. The first-order valence-electron chi connectivity index (χ1n) is 8.76. The second kappa shape index (κ2) is 10.8. The molecule has 0 aromatic carbocycles. The fourth-order valence-corrected chi connectivity index (χ4v) is 3.82. The number of anilines is 1. The van der Waals surface area contributed by atoms with Crippen molar-refractivity contribution in [1.82, 2.24) is 15.3 Å². The monoisotopic (exact) mass is 386 g/mol. The molecule has 1 aromatic rings. The number of aromatic nitrogens is 2. The molecular weight excluding hydrogens is 360 g/mol. The first-order valence-corrected chi connectivity index (χ1v) is 10.1. The minimum atomic E-state index is -0.0353. The van der Waals surface area contributed by atoms with Crippen LogP contribution in [0.3, 0.4) is 0 Å². The summed E-state index contributed by atoms with van der Waals surface area (Å²) in [5, 5.41) is 3.80. The quantitative estimate of drug-likeness (QED) is 0.304. The van der Waals surface area contributed by atoms with Gasteiger partial charge in [-0.15, -0.1) is 0 Å². The van der Waals surface area contributed by atoms with E-state index >= 15 is 0 Å². The number of ether oxygens (including phenoxy) is 1. The van der Waals surface area contributed by atoms with E-state index in [-0.39, 0.29) is 11.7 Å². The average Bonchev–Trinajstić information content (AvgIpc) is 2.63. The van der Waals surface area contributed by atoms with Crippen LogP contribution in [0.2, 0.25) is 5.15 Å². The Morgan fingerprint density at radius 3 is 2.88 bits per heavy atom. The number of nitrogens with one attached hydrogen (secondary N) is 1. The van der Waals surface area contributed by atoms with Crippen molar-refractivity contribution in [3.63, 3.8) is 0 Å². The van der Waals surface area contributed by atoms with E-state index in [0.717, 1.165) is 12.2 Å². The van der Waals surface area contributed by atoms with Crippen LogP contribution in [0.1, 0.15) is 38.5 Å². The molecule has 2 rings (SSSR count). The zero-order valence-electron chi connectivity index (χ0n) is 15.0. The number of hydrogen-bond acceptors (Lipinski definition) is 6. The molecule has 0 aliphatic heterocycles. The van der Waals surface area contributed by atoms with E-state index in [1.807, 2.05) is 0 Å². The fraction of sp³-hybridized carbons (Fsp3) is 0.706. The summed E-state index contributed by atoms with van der Waals surface area (Å²) in [6.45, 7) is 1.25. The topological polar surface area (TPSA) is 67.3 Å². The molecule has 1 aromatic heterocycles. The maximum Gasteiger partial charge on any atom is 0.230 e. The van der Waals surface area contributed by atoms with Crippen molar-refractivity contribution in [2.24, 2.45) is 0 Å². The summed E-state index contributed by atoms with van der Waals surface area (Å²) in [5.41, 5.74) is 0. The Hall–Kier alpha value is -1.05. The summed E-state index contributed by atoms with van der Waals surface area (Å²) in [6, 6.07) is 2.30. The third-order valence-corrected chi connectivity index (χ3v) is 5.37. The van der Waals surface area contributed by atoms with E-state index in [0.29, 0.717) is 29.5 Å². The smallest absolute Gasteiger partial charge is 0.230 e. The van der Waals surface area contributed by atoms with Crippen LogP contribution in [-0.4, -0.2) is 55.0 Å². The first-order chi connectivity index (χ1) is 12.1. The highest BCUT2D eigenvalue weighted by Gasteiger charge is 2.20. The number of halogens is 1. The first kappa shape index (κ1) is 20.3. The van der Waals surface area contributed by atoms with Crippen molar-refractivity contribution in [1.29, 1.82) is 0 Å². The summed E-state index contributed by atoms with van der Waals surface area (Å²) in [7, 11) is 3.71. The van der Waals surface area contributed by atoms with Crippen LogP contribution in [0.15, 0.2) is 11.2 Å². The van der Waals surface area contributed by atoms with Crippen molar-refractivity contribution in [3.05, 3.63) is 11.2 Å². The second-order valence-electron chi connectivity index (χ2n) is 6.22. The van der Waals surface area contributed by atoms with E-state index in [2.05, 4.69) is 27.2 Å². The number of hydrogen-bond donors (Lipinski definition) is 1. The Morgan fingerprint density at radius 2 is 2.16 bits per heavy atom. The third kappa shape index (κ3) is 6.99. The Kier molecular flexibility index (Phi) is 8.78. The van der Waals surface area contributed by atoms with Crippen LogP contribution < -0.4 is 10.2 Å². The van der Waals surface area contributed by atoms with Crippen molar-refractivity contribution >= 4 is 35.1 Å². The zero-order chi connectivity index (χ0) is 18.1. The standard InChI is InChI=1S/C17H27ClN4O2S/c1-22(13-7-4-3-5-8-13)15-11-14(18)20-17(21-15)25-12-16(23)19-9-6-10-24-2/h11,13H,3-10,12H2,1-2H3,(H,19,23). The highest BCUT2D eigenvalue weighted by atomic mass is 35.5. The second-order valence-corrected chi connectivity index (χ2v) is 7.55. The summed E-state index contributed by atoms with van der Waals surface area (Å²) < 4.78 is 4.96. The highest BCUT2D eigenvalue weighted by molar-refractivity contribution is 7.99. The molecule has 25 heavy (non-hydrogen) atoms. The van der Waals surface area contributed by atoms with Crippen molar-refractivity contribution < 1.29 is 9.53 Å². The van der Waals surface area contributed by atoms with Gasteiger partial charge in [-0.3, -0.25) is 4.79 Å². The van der Waals surface area contributed by atoms with Crippen LogP contribution in [0, 0.1) is 0 Å². The largest absolute Gasteiger partial charge is 0.385 e. The van der Waals surface area contributed by atoms with E-state index < -0.39 is 0 Å². The van der Waals surface area contributed by atoms with Crippen molar-refractivity contribution in [3.8, 4) is 0 Å². The van der Waals surface area contributed by atoms with Gasteiger partial charge in [-0.2, -0.15) is 0 Å². The number of methoxy groups -OCH3 is 1. The molecule has 140 valence electrons. The van der Waals surface area contributed by atoms with Crippen LogP contribution in [0.5, 0.6) is 0 Å². The molecular formula is C17H27ClN4O2S. The molecule has 0 atom stereocenters. The maximum absolute atomic E-state index is 11.9. The van der Waals surface area contributed by atoms with Gasteiger partial charge in [0.25, 0.3) is 0 Å². The van der Waals surface area contributed by atoms with Gasteiger partial charge in [0.05, 0.1) is 5.75 Å². The molecule has 1 fully saturated rings. The SMILES string of the molecule is COCCCNC(=O)CSc1nc(Cl)cc(N(C)C2CCCCC2)n1. The molecule has 0 unspecified atom stereocenters. The van der Waals surface area contributed by atoms with Gasteiger partial charge in [0.1, 0.15) is 11.0 Å². The molecule has 1 amide bonds. The number of nitrogens with zero attached hydrogens (tertiary/aromatic N) is 3. The predicted molar refractivity (Wildman–Crippen MR) is 103 cm³/mol. The molecule has 0 radical (unpaired) electrons. The van der Waals surface area contributed by atoms with Gasteiger partial charge in [-0.25, -0.2) is 9.97 Å². The third-order valence-electron chi connectivity index (χ3n) is 4.32. The Morgan fingerprint density at radius 1 is 1.40 bits per heavy atom. The molecule has 0 bridgehead atoms. The Bertz CT molecular complexity index is 555. The lowest BCUT2D eigenvalue weighted by Gasteiger charge is -2.32. The maximum atomic E-state index is 11.9. The van der Waals surface area contributed by atoms with E-state index in [4.69, 9.17) is 16.3 Å². The number of carbonyl (C=O) groups excluding carboxylic acids is 1. The lowest BCUT2D eigenvalue weighted by molar-refractivity contribution is -0.118. The van der Waals surface area contributed by atoms with Gasteiger partial charge in [0.15, 0.2) is 5.16 Å². The van der Waals surface area contributed by atoms with Gasteiger partial charge >= 0.3 is 0 Å². The molecule has 1 heterocycles. The van der Waals surface area contributed by atoms with Gasteiger partial charge in [0, 0.05) is 39.4 Å². The highest BCUT2D eigenvalue weighted by Crippen LogP contribution is 2.27. The normalized spacial score (nSPS) is 15.2. The molecule has 1 saturated carbocycles. The fourth-order valence-electron chi connectivity index (χ4n) is 2.91. The minimum Gasteiger partial charge on any atom is -0.385 e. The van der Waals surface area contributed by atoms with Gasteiger partial charge in [-0.05, 0) is 19.3 Å². The molecule has 0 saturated heterocycles. The number of thioether (sulfide) groups is 1. The summed E-state index contributed by atoms with van der Waals surface area (Å²) in [5.74, 6) is 1.07. The van der Waals surface area contributed by atoms with E-state index in [1.54, 1.807) is 13.2 Å². The summed E-state index contributed by atoms with van der Waals surface area (Å²) in [4.78, 5) is 22.9. The average molecular weight is 387 g/mol.